The molecule has 0 amide bonds. The van der Waals surface area contributed by atoms with Gasteiger partial charge in [-0.15, -0.1) is 0 Å². The number of fused-ring (bicyclic) bond motifs is 1. The van der Waals surface area contributed by atoms with Crippen LogP contribution in [0.2, 0.25) is 0 Å². The first-order valence-electron chi connectivity index (χ1n) is 11.6. The first-order valence-corrected chi connectivity index (χ1v) is 12.4. The minimum atomic E-state index is -4.56. The Hall–Kier alpha value is -4.31. The Bertz CT molecular complexity index is 1750. The van der Waals surface area contributed by atoms with Crippen molar-refractivity contribution in [2.45, 2.75) is 12.8 Å². The van der Waals surface area contributed by atoms with Crippen LogP contribution in [0.5, 0.6) is 5.75 Å². The lowest BCUT2D eigenvalue weighted by molar-refractivity contribution is -0.137. The Morgan fingerprint density at radius 1 is 0.949 bits per heavy atom. The number of benzene rings is 4. The maximum Gasteiger partial charge on any atom is 0.416 e. The molecule has 4 aromatic carbocycles. The van der Waals surface area contributed by atoms with Crippen LogP contribution in [-0.2, 0) is 12.8 Å². The summed E-state index contributed by atoms with van der Waals surface area (Å²) in [6, 6.07) is 22.2. The van der Waals surface area contributed by atoms with Crippen LogP contribution in [0.3, 0.4) is 0 Å². The number of hydrogen-bond acceptors (Lipinski definition) is 4. The molecule has 5 rings (SSSR count). The number of para-hydroxylation sites is 1. The first-order chi connectivity index (χ1) is 18.7. The number of alkyl halides is 3. The van der Waals surface area contributed by atoms with Crippen LogP contribution in [0, 0.1) is 5.82 Å². The summed E-state index contributed by atoms with van der Waals surface area (Å²) in [5.74, 6) is 0.172. The number of halogens is 5. The summed E-state index contributed by atoms with van der Waals surface area (Å²) in [5, 5.41) is 4.58. The van der Waals surface area contributed by atoms with Crippen molar-refractivity contribution in [3.63, 3.8) is 0 Å². The molecule has 196 valence electrons. The number of aromatic nitrogens is 2. The minimum Gasteiger partial charge on any atom is -0.488 e. The fourth-order valence-electron chi connectivity index (χ4n) is 3.83. The van der Waals surface area contributed by atoms with Gasteiger partial charge in [0.2, 0.25) is 0 Å². The van der Waals surface area contributed by atoms with Gasteiger partial charge in [0, 0.05) is 5.56 Å². The Labute approximate surface area is 228 Å². The summed E-state index contributed by atoms with van der Waals surface area (Å²) in [5.41, 5.74) is 0.424. The molecule has 1 heterocycles. The van der Waals surface area contributed by atoms with Gasteiger partial charge in [0.1, 0.15) is 18.2 Å². The lowest BCUT2D eigenvalue weighted by Gasteiger charge is -2.12. The lowest BCUT2D eigenvalue weighted by atomic mass is 10.1. The smallest absolute Gasteiger partial charge is 0.416 e. The molecule has 0 unspecified atom stereocenters. The standard InChI is InChI=1S/C29H18BrF4N3O2/c30-24-14-19(10-13-26(24)39-17-18-8-11-22(31)12-9-18)16-35-37-27(20-4-3-5-21(15-20)29(32,33)34)36-25-7-2-1-6-23(25)28(37)38/h1-16H,17H2. The number of hydrogen-bond donors (Lipinski definition) is 0. The van der Waals surface area contributed by atoms with Crippen molar-refractivity contribution in [2.24, 2.45) is 5.10 Å². The van der Waals surface area contributed by atoms with E-state index < -0.39 is 17.3 Å². The zero-order chi connectivity index (χ0) is 27.6. The van der Waals surface area contributed by atoms with Gasteiger partial charge in [-0.2, -0.15) is 22.9 Å². The summed E-state index contributed by atoms with van der Waals surface area (Å²) in [6.45, 7) is 0.227. The Balaban J connectivity index is 1.49. The van der Waals surface area contributed by atoms with Gasteiger partial charge in [0.25, 0.3) is 5.56 Å². The van der Waals surface area contributed by atoms with Gasteiger partial charge in [-0.05, 0) is 81.7 Å². The van der Waals surface area contributed by atoms with Crippen LogP contribution in [-0.4, -0.2) is 15.9 Å². The largest absolute Gasteiger partial charge is 0.488 e. The van der Waals surface area contributed by atoms with Crippen molar-refractivity contribution in [3.8, 4) is 17.1 Å². The molecule has 0 bridgehead atoms. The van der Waals surface area contributed by atoms with Crippen molar-refractivity contribution >= 4 is 33.0 Å². The van der Waals surface area contributed by atoms with E-state index in [0.717, 1.165) is 22.4 Å². The second-order valence-electron chi connectivity index (χ2n) is 8.50. The third kappa shape index (κ3) is 5.91. The molecule has 0 saturated carbocycles. The Kier molecular flexibility index (Phi) is 7.30. The third-order valence-electron chi connectivity index (χ3n) is 5.79. The molecular formula is C29H18BrF4N3O2. The van der Waals surface area contributed by atoms with E-state index in [4.69, 9.17) is 4.74 Å². The van der Waals surface area contributed by atoms with Crippen molar-refractivity contribution < 1.29 is 22.3 Å². The summed E-state index contributed by atoms with van der Waals surface area (Å²) in [4.78, 5) is 17.8. The first kappa shape index (κ1) is 26.3. The summed E-state index contributed by atoms with van der Waals surface area (Å²) in [7, 11) is 0. The predicted molar refractivity (Wildman–Crippen MR) is 144 cm³/mol. The van der Waals surface area contributed by atoms with Crippen LogP contribution in [0.1, 0.15) is 16.7 Å². The zero-order valence-corrected chi connectivity index (χ0v) is 21.6. The van der Waals surface area contributed by atoms with Gasteiger partial charge < -0.3 is 4.74 Å². The monoisotopic (exact) mass is 595 g/mol. The van der Waals surface area contributed by atoms with Gasteiger partial charge in [-0.1, -0.05) is 36.4 Å². The Morgan fingerprint density at radius 3 is 2.46 bits per heavy atom. The van der Waals surface area contributed by atoms with Gasteiger partial charge in [-0.3, -0.25) is 4.79 Å². The van der Waals surface area contributed by atoms with E-state index in [0.29, 0.717) is 21.3 Å². The van der Waals surface area contributed by atoms with Crippen molar-refractivity contribution in [1.82, 2.24) is 9.66 Å². The molecule has 0 spiro atoms. The molecule has 5 aromatic rings. The van der Waals surface area contributed by atoms with Crippen molar-refractivity contribution in [2.75, 3.05) is 0 Å². The topological polar surface area (TPSA) is 56.5 Å². The van der Waals surface area contributed by atoms with E-state index in [2.05, 4.69) is 26.0 Å². The average Bonchev–Trinajstić information content (AvgIpc) is 2.92. The summed E-state index contributed by atoms with van der Waals surface area (Å²) < 4.78 is 60.6. The highest BCUT2D eigenvalue weighted by Gasteiger charge is 2.31. The number of nitrogens with zero attached hydrogens (tertiary/aromatic N) is 3. The molecule has 39 heavy (non-hydrogen) atoms. The highest BCUT2D eigenvalue weighted by molar-refractivity contribution is 9.10. The van der Waals surface area contributed by atoms with Gasteiger partial charge >= 0.3 is 6.18 Å². The van der Waals surface area contributed by atoms with E-state index in [1.54, 1.807) is 54.6 Å². The van der Waals surface area contributed by atoms with Crippen LogP contribution < -0.4 is 10.3 Å². The summed E-state index contributed by atoms with van der Waals surface area (Å²) in [6.07, 6.45) is -3.16. The van der Waals surface area contributed by atoms with E-state index in [1.165, 1.54) is 30.5 Å². The molecule has 0 aliphatic rings. The van der Waals surface area contributed by atoms with E-state index in [-0.39, 0.29) is 29.2 Å². The molecule has 0 aliphatic heterocycles. The average molecular weight is 596 g/mol. The molecule has 0 aliphatic carbocycles. The van der Waals surface area contributed by atoms with Crippen molar-refractivity contribution in [3.05, 3.63) is 128 Å². The maximum atomic E-state index is 13.4. The molecule has 10 heteroatoms. The second kappa shape index (κ2) is 10.8. The lowest BCUT2D eigenvalue weighted by Crippen LogP contribution is -2.20. The third-order valence-corrected chi connectivity index (χ3v) is 6.41. The molecular weight excluding hydrogens is 578 g/mol. The van der Waals surface area contributed by atoms with Crippen molar-refractivity contribution in [1.29, 1.82) is 0 Å². The van der Waals surface area contributed by atoms with E-state index in [1.807, 2.05) is 0 Å². The van der Waals surface area contributed by atoms with Crippen LogP contribution >= 0.6 is 15.9 Å². The molecule has 1 aromatic heterocycles. The summed E-state index contributed by atoms with van der Waals surface area (Å²) >= 11 is 3.45. The predicted octanol–water partition coefficient (Wildman–Crippen LogP) is 7.45. The molecule has 5 nitrogen and oxygen atoms in total. The fraction of sp³-hybridized carbons (Fsp3) is 0.0690. The Morgan fingerprint density at radius 2 is 1.72 bits per heavy atom. The highest BCUT2D eigenvalue weighted by atomic mass is 79.9. The van der Waals surface area contributed by atoms with Gasteiger partial charge in [-0.25, -0.2) is 9.37 Å². The zero-order valence-electron chi connectivity index (χ0n) is 20.0. The molecule has 0 fully saturated rings. The van der Waals surface area contributed by atoms with Crippen LogP contribution in [0.25, 0.3) is 22.3 Å². The molecule has 0 N–H and O–H groups in total. The SMILES string of the molecule is O=c1c2ccccc2nc(-c2cccc(C(F)(F)F)c2)n1N=Cc1ccc(OCc2ccc(F)cc2)c(Br)c1. The van der Waals surface area contributed by atoms with E-state index in [9.17, 15) is 22.4 Å². The van der Waals surface area contributed by atoms with Crippen LogP contribution in [0.15, 0.2) is 105 Å². The highest BCUT2D eigenvalue weighted by Crippen LogP contribution is 2.32. The van der Waals surface area contributed by atoms with Gasteiger partial charge in [0.05, 0.1) is 27.2 Å². The fourth-order valence-corrected chi connectivity index (χ4v) is 4.34. The minimum absolute atomic E-state index is 0.0284. The normalized spacial score (nSPS) is 11.8. The van der Waals surface area contributed by atoms with E-state index >= 15 is 0 Å². The number of ether oxygens (including phenoxy) is 1. The molecule has 0 saturated heterocycles. The number of rotatable bonds is 6. The second-order valence-corrected chi connectivity index (χ2v) is 9.35. The molecule has 0 radical (unpaired) electrons. The quantitative estimate of drug-likeness (QED) is 0.151. The molecule has 0 atom stereocenters. The van der Waals surface area contributed by atoms with Crippen LogP contribution in [0.4, 0.5) is 17.6 Å². The van der Waals surface area contributed by atoms with Gasteiger partial charge in [0.15, 0.2) is 5.82 Å². The maximum absolute atomic E-state index is 13.4.